The molecule has 0 amide bonds. The van der Waals surface area contributed by atoms with E-state index in [9.17, 15) is 0 Å². The van der Waals surface area contributed by atoms with E-state index in [4.69, 9.17) is 27.2 Å². The van der Waals surface area contributed by atoms with Crippen molar-refractivity contribution < 1.29 is 27.2 Å². The summed E-state index contributed by atoms with van der Waals surface area (Å²) in [7, 11) is -6.24. The highest BCUT2D eigenvalue weighted by Crippen LogP contribution is 2.53. The van der Waals surface area contributed by atoms with Crippen molar-refractivity contribution in [3.05, 3.63) is 0 Å². The molecule has 0 N–H and O–H groups in total. The Hall–Kier alpha value is 0.628. The van der Waals surface area contributed by atoms with Gasteiger partial charge in [0.05, 0.1) is 0 Å². The van der Waals surface area contributed by atoms with E-state index in [2.05, 4.69) is 166 Å². The number of hydrogen-bond acceptors (Lipinski definition) is 6. The molecule has 0 heterocycles. The van der Waals surface area contributed by atoms with Crippen LogP contribution < -0.4 is 0 Å². The molecular formula is C44H96O6Si4. The van der Waals surface area contributed by atoms with Gasteiger partial charge in [-0.15, -0.1) is 0 Å². The summed E-state index contributed by atoms with van der Waals surface area (Å²) in [5.74, 6) is 0. The zero-order valence-electron chi connectivity index (χ0n) is 40.8. The summed E-state index contributed by atoms with van der Waals surface area (Å²) in [6.45, 7) is 57.5. The topological polar surface area (TPSA) is 55.4 Å². The molecule has 0 aromatic carbocycles. The second-order valence-electron chi connectivity index (χ2n) is 21.0. The Kier molecular flexibility index (Phi) is 20.2. The molecule has 0 unspecified atom stereocenters. The third kappa shape index (κ3) is 9.64. The normalized spacial score (nSPS) is 24.3. The van der Waals surface area contributed by atoms with Crippen LogP contribution in [0.3, 0.4) is 0 Å². The first-order valence-electron chi connectivity index (χ1n) is 22.4. The van der Waals surface area contributed by atoms with Crippen molar-refractivity contribution in [1.82, 2.24) is 0 Å². The first-order valence-corrected chi connectivity index (χ1v) is 30.9. The lowest BCUT2D eigenvalue weighted by Gasteiger charge is -2.60. The molecule has 6 atom stereocenters. The molecule has 0 aromatic rings. The van der Waals surface area contributed by atoms with E-state index in [1.165, 1.54) is 0 Å². The van der Waals surface area contributed by atoms with E-state index >= 15 is 0 Å². The minimum absolute atomic E-state index is 0.377. The molecular weight excluding hydrogens is 737 g/mol. The van der Waals surface area contributed by atoms with Gasteiger partial charge in [-0.25, -0.2) is 0 Å². The molecule has 54 heavy (non-hydrogen) atoms. The minimum atomic E-state index is -2.51. The summed E-state index contributed by atoms with van der Waals surface area (Å²) in [6.07, 6.45) is -2.30. The second-order valence-corrected chi connectivity index (χ2v) is 42.6. The Labute approximate surface area is 342 Å². The third-order valence-corrected chi connectivity index (χ3v) is 39.1. The van der Waals surface area contributed by atoms with Crippen LogP contribution in [0.4, 0.5) is 0 Å². The van der Waals surface area contributed by atoms with E-state index in [0.29, 0.717) is 66.5 Å². The summed E-state index contributed by atoms with van der Waals surface area (Å²) < 4.78 is 46.1. The molecule has 0 saturated heterocycles. The van der Waals surface area contributed by atoms with E-state index in [1.807, 2.05) is 14.2 Å². The Morgan fingerprint density at radius 1 is 0.222 bits per heavy atom. The summed E-state index contributed by atoms with van der Waals surface area (Å²) in [5, 5.41) is 0. The van der Waals surface area contributed by atoms with Gasteiger partial charge >= 0.3 is 0 Å². The number of ether oxygens (including phenoxy) is 2. The average molecular weight is 834 g/mol. The smallest absolute Gasteiger partial charge is 0.201 e. The van der Waals surface area contributed by atoms with Gasteiger partial charge in [0.25, 0.3) is 0 Å². The molecule has 1 fully saturated rings. The standard InChI is InChI=1S/C44H96O6Si4/c1-27(2)51(28(3)4,29(5)6)47-41-39(45-25)40(46-26)42(48-52(30(7)8,31(9)10)32(11)12)44(50-54(36(19)20,37(21)22)38(23)24)43(41)49-53(33(13)14,34(15)16)35(17)18/h27-44H,1-26H3/t39-,40+,41-,42-,43+,44+/m0/s1. The first kappa shape index (κ1) is 52.6. The summed E-state index contributed by atoms with van der Waals surface area (Å²) in [5.41, 5.74) is 4.69. The van der Waals surface area contributed by atoms with Crippen molar-refractivity contribution in [2.45, 2.75) is 269 Å². The van der Waals surface area contributed by atoms with Crippen molar-refractivity contribution in [3.63, 3.8) is 0 Å². The van der Waals surface area contributed by atoms with Crippen LogP contribution in [0.1, 0.15) is 166 Å². The van der Waals surface area contributed by atoms with Gasteiger partial charge < -0.3 is 27.2 Å². The molecule has 0 radical (unpaired) electrons. The molecule has 1 rings (SSSR count). The highest BCUT2D eigenvalue weighted by atomic mass is 28.4. The highest BCUT2D eigenvalue weighted by molar-refractivity contribution is 6.79. The molecule has 0 spiro atoms. The molecule has 324 valence electrons. The van der Waals surface area contributed by atoms with Crippen molar-refractivity contribution in [2.75, 3.05) is 14.2 Å². The van der Waals surface area contributed by atoms with E-state index in [-0.39, 0.29) is 24.4 Å². The fourth-order valence-corrected chi connectivity index (χ4v) is 35.0. The van der Waals surface area contributed by atoms with Crippen molar-refractivity contribution >= 4 is 33.3 Å². The van der Waals surface area contributed by atoms with Crippen LogP contribution in [0.25, 0.3) is 0 Å². The maximum absolute atomic E-state index is 8.24. The van der Waals surface area contributed by atoms with E-state index in [1.54, 1.807) is 0 Å². The summed E-state index contributed by atoms with van der Waals surface area (Å²) >= 11 is 0. The maximum Gasteiger partial charge on any atom is 0.201 e. The Bertz CT molecular complexity index is 918. The zero-order chi connectivity index (χ0) is 42.6. The zero-order valence-corrected chi connectivity index (χ0v) is 44.8. The fraction of sp³-hybridized carbons (Fsp3) is 1.00. The first-order chi connectivity index (χ1) is 24.6. The summed E-state index contributed by atoms with van der Waals surface area (Å²) in [4.78, 5) is 0. The SMILES string of the molecule is CO[C@@H]1[C@H](OC)[C@H](O[Si](C(C)C)(C(C)C)C(C)C)[C@@H](O[Si](C(C)C)(C(C)C)C(C)C)[C@H](O[Si](C(C)C)(C(C)C)C(C)C)[C@H]1O[Si](C(C)C)(C(C)C)C(C)C. The van der Waals surface area contributed by atoms with Crippen LogP contribution >= 0.6 is 0 Å². The van der Waals surface area contributed by atoms with Crippen molar-refractivity contribution in [3.8, 4) is 0 Å². The van der Waals surface area contributed by atoms with Crippen LogP contribution in [0.15, 0.2) is 0 Å². The van der Waals surface area contributed by atoms with Gasteiger partial charge in [-0.2, -0.15) is 0 Å². The molecule has 1 saturated carbocycles. The lowest BCUT2D eigenvalue weighted by molar-refractivity contribution is -0.223. The van der Waals surface area contributed by atoms with Crippen LogP contribution in [0.5, 0.6) is 0 Å². The van der Waals surface area contributed by atoms with Crippen LogP contribution in [-0.2, 0) is 27.2 Å². The number of rotatable bonds is 22. The van der Waals surface area contributed by atoms with Gasteiger partial charge in [-0.3, -0.25) is 0 Å². The fourth-order valence-electron chi connectivity index (χ4n) is 12.8. The molecule has 0 aliphatic heterocycles. The van der Waals surface area contributed by atoms with Crippen LogP contribution in [0, 0.1) is 0 Å². The van der Waals surface area contributed by atoms with Crippen LogP contribution in [0.2, 0.25) is 66.5 Å². The quantitative estimate of drug-likeness (QED) is 0.101. The molecule has 1 aliphatic carbocycles. The Balaban J connectivity index is 4.76. The predicted molar refractivity (Wildman–Crippen MR) is 245 cm³/mol. The number of hydrogen-bond donors (Lipinski definition) is 0. The third-order valence-electron chi connectivity index (χ3n) is 14.7. The monoisotopic (exact) mass is 833 g/mol. The Morgan fingerprint density at radius 2 is 0.333 bits per heavy atom. The predicted octanol–water partition coefficient (Wildman–Crippen LogP) is 14.3. The average Bonchev–Trinajstić information content (AvgIpc) is 3.01. The van der Waals surface area contributed by atoms with Crippen molar-refractivity contribution in [1.29, 1.82) is 0 Å². The van der Waals surface area contributed by atoms with Gasteiger partial charge in [-0.1, -0.05) is 166 Å². The lowest BCUT2D eigenvalue weighted by Crippen LogP contribution is -2.74. The molecule has 6 nitrogen and oxygen atoms in total. The highest BCUT2D eigenvalue weighted by Gasteiger charge is 2.64. The molecule has 1 aliphatic rings. The van der Waals surface area contributed by atoms with Crippen LogP contribution in [-0.4, -0.2) is 84.1 Å². The van der Waals surface area contributed by atoms with E-state index in [0.717, 1.165) is 0 Å². The molecule has 0 bridgehead atoms. The van der Waals surface area contributed by atoms with Gasteiger partial charge in [0.2, 0.25) is 33.3 Å². The summed E-state index contributed by atoms with van der Waals surface area (Å²) in [6, 6.07) is 0. The largest absolute Gasteiger partial charge is 0.408 e. The van der Waals surface area contributed by atoms with Gasteiger partial charge in [-0.05, 0) is 66.5 Å². The maximum atomic E-state index is 8.24. The van der Waals surface area contributed by atoms with Gasteiger partial charge in [0, 0.05) is 14.2 Å². The molecule has 0 aromatic heterocycles. The van der Waals surface area contributed by atoms with Gasteiger partial charge in [0.1, 0.15) is 36.6 Å². The molecule has 10 heteroatoms. The second kappa shape index (κ2) is 20.7. The number of methoxy groups -OCH3 is 2. The minimum Gasteiger partial charge on any atom is -0.408 e. The lowest BCUT2D eigenvalue weighted by atomic mass is 9.84. The van der Waals surface area contributed by atoms with E-state index < -0.39 is 45.5 Å². The van der Waals surface area contributed by atoms with Crippen molar-refractivity contribution in [2.24, 2.45) is 0 Å². The van der Waals surface area contributed by atoms with Gasteiger partial charge in [0.15, 0.2) is 0 Å². The Morgan fingerprint density at radius 3 is 0.426 bits per heavy atom.